The van der Waals surface area contributed by atoms with E-state index in [4.69, 9.17) is 4.74 Å². The minimum Gasteiger partial charge on any atom is -0.376 e. The van der Waals surface area contributed by atoms with Gasteiger partial charge < -0.3 is 10.1 Å². The molecule has 2 heteroatoms. The first-order chi connectivity index (χ1) is 7.90. The smallest absolute Gasteiger partial charge is 0.0728 e. The van der Waals surface area contributed by atoms with Crippen LogP contribution in [0.3, 0.4) is 0 Å². The van der Waals surface area contributed by atoms with Crippen molar-refractivity contribution in [3.05, 3.63) is 0 Å². The summed E-state index contributed by atoms with van der Waals surface area (Å²) in [5.74, 6) is 0.896. The van der Waals surface area contributed by atoms with Crippen LogP contribution < -0.4 is 5.32 Å². The number of hydrogen-bond donors (Lipinski definition) is 1. The fourth-order valence-electron chi connectivity index (χ4n) is 2.69. The molecule has 94 valence electrons. The third-order valence-corrected chi connectivity index (χ3v) is 3.91. The highest BCUT2D eigenvalue weighted by Gasteiger charge is 2.27. The molecule has 0 radical (unpaired) electrons. The van der Waals surface area contributed by atoms with E-state index >= 15 is 0 Å². The van der Waals surface area contributed by atoms with Crippen molar-refractivity contribution < 1.29 is 4.74 Å². The summed E-state index contributed by atoms with van der Waals surface area (Å²) < 4.78 is 6.15. The van der Waals surface area contributed by atoms with Crippen LogP contribution in [0, 0.1) is 5.92 Å². The number of rotatable bonds is 5. The Bertz CT molecular complexity index is 191. The van der Waals surface area contributed by atoms with E-state index in [1.165, 1.54) is 51.4 Å². The van der Waals surface area contributed by atoms with Crippen LogP contribution in [0.25, 0.3) is 0 Å². The molecule has 2 unspecified atom stereocenters. The molecule has 0 aromatic heterocycles. The van der Waals surface area contributed by atoms with Crippen molar-refractivity contribution in [2.24, 2.45) is 5.92 Å². The predicted octanol–water partition coefficient (Wildman–Crippen LogP) is 3.11. The van der Waals surface area contributed by atoms with E-state index in [1.807, 2.05) is 0 Å². The second kappa shape index (κ2) is 6.61. The number of nitrogens with one attached hydrogen (secondary N) is 1. The quantitative estimate of drug-likeness (QED) is 0.776. The van der Waals surface area contributed by atoms with Crippen LogP contribution in [0.4, 0.5) is 0 Å². The molecule has 0 aromatic rings. The lowest BCUT2D eigenvalue weighted by atomic mass is 9.94. The van der Waals surface area contributed by atoms with Gasteiger partial charge in [0.2, 0.25) is 0 Å². The summed E-state index contributed by atoms with van der Waals surface area (Å²) in [5.41, 5.74) is 0. The number of ether oxygens (including phenoxy) is 1. The molecule has 0 bridgehead atoms. The third kappa shape index (κ3) is 4.06. The standard InChI is InChI=1S/C14H27NO/c1-2-15-13-7-5-3-4-6-8-14(13)16-11-12-9-10-12/h12-15H,2-11H2,1H3. The first-order valence-electron chi connectivity index (χ1n) is 7.25. The maximum absolute atomic E-state index is 6.15. The predicted molar refractivity (Wildman–Crippen MR) is 67.6 cm³/mol. The van der Waals surface area contributed by atoms with Crippen LogP contribution in [0.15, 0.2) is 0 Å². The molecule has 2 fully saturated rings. The Morgan fingerprint density at radius 3 is 2.44 bits per heavy atom. The Labute approximate surface area is 100 Å². The Morgan fingerprint density at radius 2 is 1.75 bits per heavy atom. The molecular formula is C14H27NO. The summed E-state index contributed by atoms with van der Waals surface area (Å²) in [6, 6.07) is 0.615. The SMILES string of the molecule is CCNC1CCCCCCC1OCC1CC1. The minimum absolute atomic E-state index is 0.487. The van der Waals surface area contributed by atoms with E-state index in [1.54, 1.807) is 0 Å². The zero-order chi connectivity index (χ0) is 11.2. The molecule has 2 rings (SSSR count). The fourth-order valence-corrected chi connectivity index (χ4v) is 2.69. The molecule has 16 heavy (non-hydrogen) atoms. The lowest BCUT2D eigenvalue weighted by Gasteiger charge is -2.30. The van der Waals surface area contributed by atoms with Crippen molar-refractivity contribution in [2.75, 3.05) is 13.2 Å². The minimum atomic E-state index is 0.487. The van der Waals surface area contributed by atoms with Gasteiger partial charge in [0.1, 0.15) is 0 Å². The van der Waals surface area contributed by atoms with Gasteiger partial charge in [0, 0.05) is 12.6 Å². The van der Waals surface area contributed by atoms with E-state index in [0.29, 0.717) is 12.1 Å². The highest BCUT2D eigenvalue weighted by atomic mass is 16.5. The van der Waals surface area contributed by atoms with E-state index in [2.05, 4.69) is 12.2 Å². The second-order valence-electron chi connectivity index (χ2n) is 5.47. The van der Waals surface area contributed by atoms with Crippen LogP contribution in [-0.4, -0.2) is 25.3 Å². The molecule has 2 saturated carbocycles. The molecule has 2 nitrogen and oxygen atoms in total. The summed E-state index contributed by atoms with van der Waals surface area (Å²) in [7, 11) is 0. The topological polar surface area (TPSA) is 21.3 Å². The fraction of sp³-hybridized carbons (Fsp3) is 1.00. The highest BCUT2D eigenvalue weighted by Crippen LogP contribution is 2.30. The third-order valence-electron chi connectivity index (χ3n) is 3.91. The van der Waals surface area contributed by atoms with E-state index in [0.717, 1.165) is 19.1 Å². The van der Waals surface area contributed by atoms with Crippen LogP contribution >= 0.6 is 0 Å². The van der Waals surface area contributed by atoms with E-state index < -0.39 is 0 Å². The number of hydrogen-bond acceptors (Lipinski definition) is 2. The van der Waals surface area contributed by atoms with Crippen LogP contribution in [0.5, 0.6) is 0 Å². The van der Waals surface area contributed by atoms with Gasteiger partial charge in [-0.15, -0.1) is 0 Å². The average molecular weight is 225 g/mol. The summed E-state index contributed by atoms with van der Waals surface area (Å²) in [6.45, 7) is 4.30. The van der Waals surface area contributed by atoms with Crippen molar-refractivity contribution in [3.8, 4) is 0 Å². The normalized spacial score (nSPS) is 32.1. The maximum atomic E-state index is 6.15. The lowest BCUT2D eigenvalue weighted by Crippen LogP contribution is -2.42. The van der Waals surface area contributed by atoms with Crippen molar-refractivity contribution in [2.45, 2.75) is 70.4 Å². The first kappa shape index (κ1) is 12.4. The highest BCUT2D eigenvalue weighted by molar-refractivity contribution is 4.81. The van der Waals surface area contributed by atoms with Gasteiger partial charge in [0.15, 0.2) is 0 Å². The molecule has 0 amide bonds. The molecule has 0 aliphatic heterocycles. The summed E-state index contributed by atoms with van der Waals surface area (Å²) in [6.07, 6.45) is 11.4. The summed E-state index contributed by atoms with van der Waals surface area (Å²) in [5, 5.41) is 3.62. The molecule has 0 heterocycles. The first-order valence-corrected chi connectivity index (χ1v) is 7.25. The van der Waals surface area contributed by atoms with Crippen molar-refractivity contribution in [1.82, 2.24) is 5.32 Å². The van der Waals surface area contributed by atoms with Gasteiger partial charge in [-0.3, -0.25) is 0 Å². The van der Waals surface area contributed by atoms with Crippen molar-refractivity contribution in [3.63, 3.8) is 0 Å². The molecule has 2 aliphatic carbocycles. The largest absolute Gasteiger partial charge is 0.376 e. The number of likely N-dealkylation sites (N-methyl/N-ethyl adjacent to an activating group) is 1. The van der Waals surface area contributed by atoms with E-state index in [9.17, 15) is 0 Å². The van der Waals surface area contributed by atoms with Gasteiger partial charge in [0.25, 0.3) is 0 Å². The van der Waals surface area contributed by atoms with Crippen LogP contribution in [0.1, 0.15) is 58.3 Å². The Balaban J connectivity index is 1.79. The molecule has 2 aliphatic rings. The lowest BCUT2D eigenvalue weighted by molar-refractivity contribution is 0.00811. The zero-order valence-corrected chi connectivity index (χ0v) is 10.7. The van der Waals surface area contributed by atoms with Gasteiger partial charge in [-0.25, -0.2) is 0 Å². The molecule has 0 saturated heterocycles. The average Bonchev–Trinajstić information content (AvgIpc) is 3.05. The molecule has 0 aromatic carbocycles. The monoisotopic (exact) mass is 225 g/mol. The molecule has 0 spiro atoms. The van der Waals surface area contributed by atoms with Gasteiger partial charge in [-0.2, -0.15) is 0 Å². The molecular weight excluding hydrogens is 198 g/mol. The molecule has 2 atom stereocenters. The summed E-state index contributed by atoms with van der Waals surface area (Å²) >= 11 is 0. The Kier molecular flexibility index (Phi) is 5.11. The van der Waals surface area contributed by atoms with Gasteiger partial charge in [-0.05, 0) is 38.1 Å². The second-order valence-corrected chi connectivity index (χ2v) is 5.47. The van der Waals surface area contributed by atoms with Gasteiger partial charge >= 0.3 is 0 Å². The van der Waals surface area contributed by atoms with E-state index in [-0.39, 0.29) is 0 Å². The molecule has 1 N–H and O–H groups in total. The van der Waals surface area contributed by atoms with Crippen molar-refractivity contribution in [1.29, 1.82) is 0 Å². The Morgan fingerprint density at radius 1 is 1.00 bits per heavy atom. The maximum Gasteiger partial charge on any atom is 0.0728 e. The van der Waals surface area contributed by atoms with Gasteiger partial charge in [0.05, 0.1) is 6.10 Å². The van der Waals surface area contributed by atoms with Crippen molar-refractivity contribution >= 4 is 0 Å². The zero-order valence-electron chi connectivity index (χ0n) is 10.7. The van der Waals surface area contributed by atoms with Crippen LogP contribution in [-0.2, 0) is 4.74 Å². The van der Waals surface area contributed by atoms with Gasteiger partial charge in [-0.1, -0.05) is 32.6 Å². The summed E-state index contributed by atoms with van der Waals surface area (Å²) in [4.78, 5) is 0. The van der Waals surface area contributed by atoms with Crippen LogP contribution in [0.2, 0.25) is 0 Å². The Hall–Kier alpha value is -0.0800.